The van der Waals surface area contributed by atoms with Crippen molar-refractivity contribution in [2.45, 2.75) is 32.1 Å². The molecule has 0 aliphatic heterocycles. The van der Waals surface area contributed by atoms with Gasteiger partial charge in [-0.1, -0.05) is 36.3 Å². The smallest absolute Gasteiger partial charge is 0.335 e. The van der Waals surface area contributed by atoms with Gasteiger partial charge in [0.25, 0.3) is 0 Å². The minimum Gasteiger partial charge on any atom is -0.497 e. The molecular weight excluding hydrogens is 470 g/mol. The normalized spacial score (nSPS) is 10.5. The summed E-state index contributed by atoms with van der Waals surface area (Å²) in [4.78, 5) is 26.7. The Bertz CT molecular complexity index is 1300. The predicted molar refractivity (Wildman–Crippen MR) is 141 cm³/mol. The molecule has 1 heterocycles. The van der Waals surface area contributed by atoms with Crippen molar-refractivity contribution in [1.82, 2.24) is 4.98 Å². The molecule has 0 unspecified atom stereocenters. The standard InChI is InChI=1S/C30H29NO6/c1-36-26-15-11-22(12-16-26)7-4-2-3-5-20-37-28-18-14-25(31-27(28)17-19-29(32)33)13-10-23-8-6-9-24(21-23)30(34)35/h4,6-9,11-12,14-16,18,21H,2-3,5,17,19-20H2,1H3,(H,32,33)(H,34,35). The van der Waals surface area contributed by atoms with Gasteiger partial charge in [-0.2, -0.15) is 0 Å². The van der Waals surface area contributed by atoms with Crippen molar-refractivity contribution < 1.29 is 29.3 Å². The van der Waals surface area contributed by atoms with Gasteiger partial charge in [-0.15, -0.1) is 0 Å². The van der Waals surface area contributed by atoms with Crippen LogP contribution in [0.2, 0.25) is 0 Å². The lowest BCUT2D eigenvalue weighted by atomic mass is 10.1. The molecule has 7 heteroatoms. The molecule has 0 saturated carbocycles. The molecule has 1 aromatic heterocycles. The lowest BCUT2D eigenvalue weighted by Gasteiger charge is -2.10. The molecule has 0 spiro atoms. The van der Waals surface area contributed by atoms with Crippen molar-refractivity contribution in [2.75, 3.05) is 13.7 Å². The van der Waals surface area contributed by atoms with E-state index in [1.165, 1.54) is 12.1 Å². The molecule has 7 nitrogen and oxygen atoms in total. The highest BCUT2D eigenvalue weighted by Gasteiger charge is 2.09. The maximum absolute atomic E-state index is 11.1. The van der Waals surface area contributed by atoms with Crippen LogP contribution in [0.15, 0.2) is 66.7 Å². The van der Waals surface area contributed by atoms with Crippen molar-refractivity contribution >= 4 is 18.0 Å². The van der Waals surface area contributed by atoms with Crippen LogP contribution in [0.4, 0.5) is 0 Å². The SMILES string of the molecule is COc1ccc(C=CCCCCOc2ccc(C#Cc3cccc(C(=O)O)c3)nc2CCC(=O)O)cc1. The van der Waals surface area contributed by atoms with Crippen molar-refractivity contribution in [3.05, 3.63) is 94.8 Å². The summed E-state index contributed by atoms with van der Waals surface area (Å²) < 4.78 is 11.1. The fraction of sp³-hybridized carbons (Fsp3) is 0.233. The molecule has 0 aliphatic rings. The van der Waals surface area contributed by atoms with Crippen LogP contribution in [0, 0.1) is 11.8 Å². The van der Waals surface area contributed by atoms with E-state index in [1.807, 2.05) is 24.3 Å². The first kappa shape index (κ1) is 27.0. The van der Waals surface area contributed by atoms with Crippen LogP contribution in [0.1, 0.15) is 58.6 Å². The number of rotatable bonds is 12. The summed E-state index contributed by atoms with van der Waals surface area (Å²) in [5.41, 5.74) is 2.81. The Balaban J connectivity index is 1.56. The number of methoxy groups -OCH3 is 1. The number of aromatic carboxylic acids is 1. The van der Waals surface area contributed by atoms with E-state index in [-0.39, 0.29) is 18.4 Å². The predicted octanol–water partition coefficient (Wildman–Crippen LogP) is 5.47. The second-order valence-electron chi connectivity index (χ2n) is 8.19. The number of ether oxygens (including phenoxy) is 2. The van der Waals surface area contributed by atoms with E-state index >= 15 is 0 Å². The minimum absolute atomic E-state index is 0.0724. The van der Waals surface area contributed by atoms with Crippen LogP contribution in [-0.4, -0.2) is 40.9 Å². The van der Waals surface area contributed by atoms with Crippen LogP contribution >= 0.6 is 0 Å². The molecule has 0 fully saturated rings. The van der Waals surface area contributed by atoms with Gasteiger partial charge >= 0.3 is 11.9 Å². The molecule has 0 amide bonds. The number of aryl methyl sites for hydroxylation is 1. The summed E-state index contributed by atoms with van der Waals surface area (Å²) in [6.45, 7) is 0.491. The number of carboxylic acids is 2. The van der Waals surface area contributed by atoms with Gasteiger partial charge in [0.15, 0.2) is 0 Å². The molecule has 190 valence electrons. The fourth-order valence-electron chi connectivity index (χ4n) is 3.44. The number of aromatic nitrogens is 1. The highest BCUT2D eigenvalue weighted by atomic mass is 16.5. The molecule has 0 radical (unpaired) electrons. The lowest BCUT2D eigenvalue weighted by molar-refractivity contribution is -0.136. The zero-order valence-corrected chi connectivity index (χ0v) is 20.6. The molecule has 0 saturated heterocycles. The molecular formula is C30H29NO6. The van der Waals surface area contributed by atoms with Gasteiger partial charge in [0.05, 0.1) is 31.4 Å². The van der Waals surface area contributed by atoms with Crippen molar-refractivity contribution in [1.29, 1.82) is 0 Å². The van der Waals surface area contributed by atoms with Crippen molar-refractivity contribution in [3.63, 3.8) is 0 Å². The first-order valence-electron chi connectivity index (χ1n) is 11.9. The van der Waals surface area contributed by atoms with E-state index in [9.17, 15) is 9.59 Å². The van der Waals surface area contributed by atoms with E-state index in [0.717, 1.165) is 30.6 Å². The summed E-state index contributed by atoms with van der Waals surface area (Å²) >= 11 is 0. The third kappa shape index (κ3) is 9.19. The Hall–Kier alpha value is -4.57. The van der Waals surface area contributed by atoms with E-state index < -0.39 is 11.9 Å². The molecule has 2 N–H and O–H groups in total. The molecule has 0 atom stereocenters. The minimum atomic E-state index is -1.02. The van der Waals surface area contributed by atoms with Crippen LogP contribution in [0.5, 0.6) is 11.5 Å². The van der Waals surface area contributed by atoms with Crippen LogP contribution in [-0.2, 0) is 11.2 Å². The zero-order valence-electron chi connectivity index (χ0n) is 20.6. The highest BCUT2D eigenvalue weighted by molar-refractivity contribution is 5.88. The quantitative estimate of drug-likeness (QED) is 0.251. The van der Waals surface area contributed by atoms with Gasteiger partial charge in [0.2, 0.25) is 0 Å². The van der Waals surface area contributed by atoms with Gasteiger partial charge in [0, 0.05) is 12.0 Å². The summed E-state index contributed by atoms with van der Waals surface area (Å²) in [6, 6.07) is 17.7. The number of carboxylic acid groups (broad SMARTS) is 2. The third-order valence-corrected chi connectivity index (χ3v) is 5.40. The molecule has 0 bridgehead atoms. The number of unbranched alkanes of at least 4 members (excludes halogenated alkanes) is 2. The first-order chi connectivity index (χ1) is 17.9. The van der Waals surface area contributed by atoms with Crippen molar-refractivity contribution in [3.8, 4) is 23.3 Å². The number of benzene rings is 2. The van der Waals surface area contributed by atoms with Crippen LogP contribution in [0.25, 0.3) is 6.08 Å². The number of pyridine rings is 1. The Morgan fingerprint density at radius 2 is 1.81 bits per heavy atom. The third-order valence-electron chi connectivity index (χ3n) is 5.40. The second kappa shape index (κ2) is 14.1. The molecule has 3 rings (SSSR count). The van der Waals surface area contributed by atoms with Crippen LogP contribution in [0.3, 0.4) is 0 Å². The van der Waals surface area contributed by atoms with Gasteiger partial charge in [0.1, 0.15) is 17.2 Å². The first-order valence-corrected chi connectivity index (χ1v) is 11.9. The summed E-state index contributed by atoms with van der Waals surface area (Å²) in [7, 11) is 1.65. The number of hydrogen-bond donors (Lipinski definition) is 2. The van der Waals surface area contributed by atoms with Gasteiger partial charge in [-0.3, -0.25) is 4.79 Å². The Kier molecular flexibility index (Phi) is 10.3. The summed E-state index contributed by atoms with van der Waals surface area (Å²) in [5, 5.41) is 18.2. The molecule has 37 heavy (non-hydrogen) atoms. The van der Waals surface area contributed by atoms with Gasteiger partial charge in [-0.25, -0.2) is 9.78 Å². The molecule has 2 aromatic carbocycles. The Morgan fingerprint density at radius 1 is 1.00 bits per heavy atom. The van der Waals surface area contributed by atoms with E-state index in [4.69, 9.17) is 19.7 Å². The maximum atomic E-state index is 11.1. The van der Waals surface area contributed by atoms with Gasteiger partial charge < -0.3 is 19.7 Å². The largest absolute Gasteiger partial charge is 0.497 e. The number of hydrogen-bond acceptors (Lipinski definition) is 5. The number of aliphatic carboxylic acids is 1. The highest BCUT2D eigenvalue weighted by Crippen LogP contribution is 2.20. The number of nitrogens with zero attached hydrogens (tertiary/aromatic N) is 1. The summed E-state index contributed by atoms with van der Waals surface area (Å²) in [6.07, 6.45) is 7.05. The topological polar surface area (TPSA) is 106 Å². The number of allylic oxidation sites excluding steroid dienone is 1. The average molecular weight is 500 g/mol. The average Bonchev–Trinajstić information content (AvgIpc) is 2.91. The zero-order chi connectivity index (χ0) is 26.5. The van der Waals surface area contributed by atoms with Gasteiger partial charge in [-0.05, 0) is 73.2 Å². The lowest BCUT2D eigenvalue weighted by Crippen LogP contribution is -2.05. The Morgan fingerprint density at radius 3 is 2.54 bits per heavy atom. The monoisotopic (exact) mass is 499 g/mol. The van der Waals surface area contributed by atoms with Crippen molar-refractivity contribution in [2.24, 2.45) is 0 Å². The van der Waals surface area contributed by atoms with Crippen LogP contribution < -0.4 is 9.47 Å². The molecule has 3 aromatic rings. The Labute approximate surface area is 216 Å². The fourth-order valence-corrected chi connectivity index (χ4v) is 3.44. The summed E-state index contributed by atoms with van der Waals surface area (Å²) in [5.74, 6) is 5.27. The van der Waals surface area contributed by atoms with E-state index in [0.29, 0.717) is 29.3 Å². The maximum Gasteiger partial charge on any atom is 0.335 e. The second-order valence-corrected chi connectivity index (χ2v) is 8.19. The molecule has 0 aliphatic carbocycles. The number of carbonyl (C=O) groups is 2. The van der Waals surface area contributed by atoms with E-state index in [2.05, 4.69) is 29.0 Å². The van der Waals surface area contributed by atoms with E-state index in [1.54, 1.807) is 31.4 Å².